The third-order valence-electron chi connectivity index (χ3n) is 6.54. The van der Waals surface area contributed by atoms with Gasteiger partial charge in [0.05, 0.1) is 17.2 Å². The zero-order valence-corrected chi connectivity index (χ0v) is 21.2. The number of anilines is 1. The molecule has 0 unspecified atom stereocenters. The van der Waals surface area contributed by atoms with Crippen LogP contribution in [0.4, 0.5) is 41.2 Å². The van der Waals surface area contributed by atoms with E-state index in [1.54, 1.807) is 5.38 Å². The lowest BCUT2D eigenvalue weighted by atomic mass is 9.93. The molecule has 208 valence electrons. The highest BCUT2D eigenvalue weighted by molar-refractivity contribution is 7.11. The number of likely N-dealkylation sites (tertiary alicyclic amines) is 1. The molecule has 14 heteroatoms. The summed E-state index contributed by atoms with van der Waals surface area (Å²) in [6.45, 7) is 0.130. The first kappa shape index (κ1) is 28.3. The Morgan fingerprint density at radius 1 is 0.949 bits per heavy atom. The second-order valence-corrected chi connectivity index (χ2v) is 9.88. The number of alkyl halides is 6. The Bertz CT molecular complexity index is 1310. The van der Waals surface area contributed by atoms with E-state index in [0.29, 0.717) is 22.6 Å². The molecule has 0 bridgehead atoms. The van der Waals surface area contributed by atoms with Crippen molar-refractivity contribution in [3.63, 3.8) is 0 Å². The summed E-state index contributed by atoms with van der Waals surface area (Å²) in [7, 11) is 2.41. The molecule has 2 atom stereocenters. The van der Waals surface area contributed by atoms with Gasteiger partial charge >= 0.3 is 18.4 Å². The second-order valence-electron chi connectivity index (χ2n) is 8.99. The SMILES string of the molecule is CN(C(=O)N(C)[C@@H]1CN(C(=O)c2nccs2)C[C@H]1c1ccc(F)cc1)c1cc(C(F)(F)F)cc(C(F)(F)F)c1. The number of hydrogen-bond donors (Lipinski definition) is 0. The molecule has 3 amide bonds. The number of carbonyl (C=O) groups excluding carboxylic acids is 2. The molecule has 1 aliphatic heterocycles. The number of urea groups is 1. The molecule has 4 rings (SSSR count). The second kappa shape index (κ2) is 10.5. The number of thiazole rings is 1. The molecule has 1 aliphatic rings. The molecule has 6 nitrogen and oxygen atoms in total. The van der Waals surface area contributed by atoms with Gasteiger partial charge in [-0.2, -0.15) is 26.3 Å². The summed E-state index contributed by atoms with van der Waals surface area (Å²) in [6.07, 6.45) is -8.71. The van der Waals surface area contributed by atoms with Crippen LogP contribution in [0.15, 0.2) is 54.0 Å². The third-order valence-corrected chi connectivity index (χ3v) is 7.30. The molecule has 0 spiro atoms. The van der Waals surface area contributed by atoms with Crippen molar-refractivity contribution < 1.29 is 40.3 Å². The van der Waals surface area contributed by atoms with Crippen molar-refractivity contribution in [3.05, 3.63) is 81.6 Å². The van der Waals surface area contributed by atoms with Crippen LogP contribution in [0.3, 0.4) is 0 Å². The first-order chi connectivity index (χ1) is 18.2. The van der Waals surface area contributed by atoms with Gasteiger partial charge in [0, 0.05) is 50.4 Å². The van der Waals surface area contributed by atoms with Crippen LogP contribution in [-0.4, -0.2) is 59.9 Å². The number of carbonyl (C=O) groups is 2. The molecule has 1 fully saturated rings. The number of halogens is 7. The molecular weight excluding hydrogens is 553 g/mol. The largest absolute Gasteiger partial charge is 0.416 e. The third kappa shape index (κ3) is 6.00. The van der Waals surface area contributed by atoms with Gasteiger partial charge in [-0.1, -0.05) is 12.1 Å². The predicted octanol–water partition coefficient (Wildman–Crippen LogP) is 6.12. The quantitative estimate of drug-likeness (QED) is 0.353. The van der Waals surface area contributed by atoms with Crippen molar-refractivity contribution in [1.29, 1.82) is 0 Å². The number of hydrogen-bond acceptors (Lipinski definition) is 4. The highest BCUT2D eigenvalue weighted by Crippen LogP contribution is 2.39. The minimum atomic E-state index is -5.08. The van der Waals surface area contributed by atoms with Crippen LogP contribution < -0.4 is 4.90 Å². The molecule has 1 saturated heterocycles. The van der Waals surface area contributed by atoms with E-state index in [2.05, 4.69) is 4.98 Å². The minimum Gasteiger partial charge on any atom is -0.334 e. The standard InChI is InChI=1S/C25H21F7N4O2S/c1-34(18-10-15(24(27,28)29)9-16(11-18)25(30,31)32)23(38)35(2)20-13-36(22(37)21-33-7-8-39-21)12-19(20)14-3-5-17(26)6-4-14/h3-11,19-20H,12-13H2,1-2H3/t19-,20+/m0/s1. The normalized spacial score (nSPS) is 17.8. The van der Waals surface area contributed by atoms with Gasteiger partial charge in [0.25, 0.3) is 5.91 Å². The van der Waals surface area contributed by atoms with Crippen molar-refractivity contribution in [2.75, 3.05) is 32.1 Å². The summed E-state index contributed by atoms with van der Waals surface area (Å²) in [5.41, 5.74) is -3.13. The number of aromatic nitrogens is 1. The summed E-state index contributed by atoms with van der Waals surface area (Å²) >= 11 is 1.12. The fourth-order valence-corrected chi connectivity index (χ4v) is 5.07. The molecule has 2 heterocycles. The van der Waals surface area contributed by atoms with Crippen molar-refractivity contribution in [3.8, 4) is 0 Å². The smallest absolute Gasteiger partial charge is 0.334 e. The topological polar surface area (TPSA) is 56.8 Å². The Morgan fingerprint density at radius 2 is 1.54 bits per heavy atom. The van der Waals surface area contributed by atoms with Crippen LogP contribution in [0.2, 0.25) is 0 Å². The Hall–Kier alpha value is -3.68. The van der Waals surface area contributed by atoms with E-state index in [0.717, 1.165) is 23.3 Å². The van der Waals surface area contributed by atoms with Crippen molar-refractivity contribution >= 4 is 29.0 Å². The molecule has 0 saturated carbocycles. The van der Waals surface area contributed by atoms with Gasteiger partial charge in [-0.25, -0.2) is 14.2 Å². The van der Waals surface area contributed by atoms with E-state index in [1.165, 1.54) is 42.4 Å². The van der Waals surface area contributed by atoms with Crippen LogP contribution in [-0.2, 0) is 12.4 Å². The van der Waals surface area contributed by atoms with Crippen LogP contribution in [0, 0.1) is 5.82 Å². The van der Waals surface area contributed by atoms with Gasteiger partial charge in [0.1, 0.15) is 5.82 Å². The summed E-state index contributed by atoms with van der Waals surface area (Å²) in [5, 5.41) is 1.83. The number of benzene rings is 2. The van der Waals surface area contributed by atoms with Crippen LogP contribution in [0.1, 0.15) is 32.4 Å². The molecular formula is C25H21F7N4O2S. The van der Waals surface area contributed by atoms with Crippen molar-refractivity contribution in [2.24, 2.45) is 0 Å². The lowest BCUT2D eigenvalue weighted by Gasteiger charge is -2.33. The maximum Gasteiger partial charge on any atom is 0.416 e. The highest BCUT2D eigenvalue weighted by atomic mass is 32.1. The lowest BCUT2D eigenvalue weighted by Crippen LogP contribution is -2.47. The van der Waals surface area contributed by atoms with Crippen LogP contribution in [0.25, 0.3) is 0 Å². The van der Waals surface area contributed by atoms with Crippen molar-refractivity contribution in [1.82, 2.24) is 14.8 Å². The van der Waals surface area contributed by atoms with Gasteiger partial charge in [-0.3, -0.25) is 9.69 Å². The van der Waals surface area contributed by atoms with Gasteiger partial charge < -0.3 is 9.80 Å². The van der Waals surface area contributed by atoms with Gasteiger partial charge in [-0.15, -0.1) is 11.3 Å². The number of nitrogens with zero attached hydrogens (tertiary/aromatic N) is 4. The molecule has 39 heavy (non-hydrogen) atoms. The Labute approximate surface area is 222 Å². The fourth-order valence-electron chi connectivity index (χ4n) is 4.47. The van der Waals surface area contributed by atoms with Crippen LogP contribution >= 0.6 is 11.3 Å². The molecule has 0 aliphatic carbocycles. The number of likely N-dealkylation sites (N-methyl/N-ethyl adjacent to an activating group) is 1. The Kier molecular flexibility index (Phi) is 7.61. The highest BCUT2D eigenvalue weighted by Gasteiger charge is 2.42. The van der Waals surface area contributed by atoms with Crippen molar-refractivity contribution in [2.45, 2.75) is 24.3 Å². The molecule has 0 radical (unpaired) electrons. The lowest BCUT2D eigenvalue weighted by molar-refractivity contribution is -0.143. The zero-order valence-electron chi connectivity index (χ0n) is 20.4. The monoisotopic (exact) mass is 574 g/mol. The van der Waals surface area contributed by atoms with Crippen LogP contribution in [0.5, 0.6) is 0 Å². The van der Waals surface area contributed by atoms with E-state index >= 15 is 0 Å². The summed E-state index contributed by atoms with van der Waals surface area (Å²) in [4.78, 5) is 33.7. The number of rotatable bonds is 4. The predicted molar refractivity (Wildman–Crippen MR) is 129 cm³/mol. The average molecular weight is 575 g/mol. The zero-order chi connectivity index (χ0) is 28.7. The van der Waals surface area contributed by atoms with E-state index in [9.17, 15) is 40.3 Å². The number of amides is 3. The first-order valence-corrected chi connectivity index (χ1v) is 12.3. The van der Waals surface area contributed by atoms with E-state index in [-0.39, 0.29) is 24.2 Å². The van der Waals surface area contributed by atoms with Gasteiger partial charge in [0.2, 0.25) is 0 Å². The maximum absolute atomic E-state index is 13.6. The van der Waals surface area contributed by atoms with Gasteiger partial charge in [-0.05, 0) is 35.9 Å². The summed E-state index contributed by atoms with van der Waals surface area (Å²) < 4.78 is 93.7. The summed E-state index contributed by atoms with van der Waals surface area (Å²) in [5.74, 6) is -1.43. The Morgan fingerprint density at radius 3 is 2.05 bits per heavy atom. The fraction of sp³-hybridized carbons (Fsp3) is 0.320. The molecule has 0 N–H and O–H groups in total. The minimum absolute atomic E-state index is 0.00687. The molecule has 3 aromatic rings. The molecule has 2 aromatic carbocycles. The molecule has 1 aromatic heterocycles. The van der Waals surface area contributed by atoms with E-state index < -0.39 is 58.9 Å². The average Bonchev–Trinajstić information content (AvgIpc) is 3.57. The first-order valence-electron chi connectivity index (χ1n) is 11.4. The maximum atomic E-state index is 13.6. The van der Waals surface area contributed by atoms with E-state index in [1.807, 2.05) is 0 Å². The van der Waals surface area contributed by atoms with Gasteiger partial charge in [0.15, 0.2) is 5.01 Å². The Balaban J connectivity index is 1.66. The van der Waals surface area contributed by atoms with E-state index in [4.69, 9.17) is 0 Å². The summed E-state index contributed by atoms with van der Waals surface area (Å²) in [6, 6.07) is 4.69.